The first-order valence-corrected chi connectivity index (χ1v) is 12.3. The van der Waals surface area contributed by atoms with Crippen LogP contribution in [-0.4, -0.2) is 28.4 Å². The number of epoxide rings is 1. The number of esters is 1. The number of fused-ring (bicyclic) bond motifs is 2. The minimum absolute atomic E-state index is 0.0614. The molecule has 6 nitrogen and oxygen atoms in total. The molecule has 2 aliphatic heterocycles. The molecule has 0 amide bonds. The first-order chi connectivity index (χ1) is 15.6. The van der Waals surface area contributed by atoms with Crippen LogP contribution >= 0.6 is 0 Å². The maximum Gasteiger partial charge on any atom is 0.306 e. The maximum absolute atomic E-state index is 12.9. The highest BCUT2D eigenvalue weighted by Crippen LogP contribution is 2.46. The molecule has 4 unspecified atom stereocenters. The lowest BCUT2D eigenvalue weighted by Gasteiger charge is -2.25. The van der Waals surface area contributed by atoms with E-state index in [1.54, 1.807) is 0 Å². The van der Waals surface area contributed by atoms with E-state index in [-0.39, 0.29) is 29.9 Å². The zero-order chi connectivity index (χ0) is 23.8. The average molecular weight is 456 g/mol. The second kappa shape index (κ2) is 9.21. The number of aryl methyl sites for hydroxylation is 1. The van der Waals surface area contributed by atoms with Crippen LogP contribution in [0.25, 0.3) is 11.1 Å². The molecule has 2 fully saturated rings. The third kappa shape index (κ3) is 5.65. The maximum atomic E-state index is 12.9. The Balaban J connectivity index is 1.55. The number of benzene rings is 1. The Kier molecular flexibility index (Phi) is 6.68. The lowest BCUT2D eigenvalue weighted by atomic mass is 9.80. The summed E-state index contributed by atoms with van der Waals surface area (Å²) < 4.78 is 17.7. The summed E-state index contributed by atoms with van der Waals surface area (Å²) in [6.45, 7) is 10.1. The van der Waals surface area contributed by atoms with Gasteiger partial charge in [0.2, 0.25) is 0 Å². The number of cyclic esters (lactones) is 1. The third-order valence-electron chi connectivity index (χ3n) is 7.57. The van der Waals surface area contributed by atoms with Gasteiger partial charge in [0.25, 0.3) is 0 Å². The van der Waals surface area contributed by atoms with Gasteiger partial charge in [0.1, 0.15) is 17.4 Å². The SMILES string of the molecule is Cc1nc2cc(C3CC4OC4(C)CCCC(C)CCC(=O)C(C)(C)CCC(=O)O3)ccc2o1. The zero-order valence-electron chi connectivity index (χ0n) is 20.6. The summed E-state index contributed by atoms with van der Waals surface area (Å²) in [4.78, 5) is 30.1. The Morgan fingerprint density at radius 1 is 1.06 bits per heavy atom. The van der Waals surface area contributed by atoms with Crippen molar-refractivity contribution >= 4 is 22.9 Å². The normalized spacial score (nSPS) is 31.7. The van der Waals surface area contributed by atoms with E-state index in [0.717, 1.165) is 42.3 Å². The lowest BCUT2D eigenvalue weighted by Crippen LogP contribution is -2.26. The van der Waals surface area contributed by atoms with Gasteiger partial charge in [-0.2, -0.15) is 0 Å². The Morgan fingerprint density at radius 3 is 2.64 bits per heavy atom. The quantitative estimate of drug-likeness (QED) is 0.374. The van der Waals surface area contributed by atoms with Crippen LogP contribution in [0.2, 0.25) is 0 Å². The summed E-state index contributed by atoms with van der Waals surface area (Å²) in [5, 5.41) is 0. The van der Waals surface area contributed by atoms with Crippen molar-refractivity contribution in [3.8, 4) is 0 Å². The van der Waals surface area contributed by atoms with Crippen molar-refractivity contribution in [3.63, 3.8) is 0 Å². The van der Waals surface area contributed by atoms with E-state index < -0.39 is 11.5 Å². The van der Waals surface area contributed by atoms with Crippen LogP contribution in [0, 0.1) is 18.3 Å². The topological polar surface area (TPSA) is 81.9 Å². The molecule has 2 aromatic rings. The predicted octanol–water partition coefficient (Wildman–Crippen LogP) is 6.24. The Bertz CT molecular complexity index is 1020. The van der Waals surface area contributed by atoms with E-state index in [4.69, 9.17) is 13.9 Å². The molecule has 33 heavy (non-hydrogen) atoms. The second-order valence-corrected chi connectivity index (χ2v) is 10.9. The predicted molar refractivity (Wildman–Crippen MR) is 126 cm³/mol. The number of carbonyl (C=O) groups excluding carboxylic acids is 2. The number of oxazole rings is 1. The Morgan fingerprint density at radius 2 is 1.85 bits per heavy atom. The minimum Gasteiger partial charge on any atom is -0.457 e. The van der Waals surface area contributed by atoms with E-state index in [1.807, 2.05) is 39.0 Å². The molecule has 3 heterocycles. The number of carbonyl (C=O) groups is 2. The van der Waals surface area contributed by atoms with E-state index in [2.05, 4.69) is 18.8 Å². The molecule has 4 atom stereocenters. The first kappa shape index (κ1) is 23.9. The molecule has 0 N–H and O–H groups in total. The van der Waals surface area contributed by atoms with Gasteiger partial charge in [0.05, 0.1) is 11.7 Å². The molecule has 2 saturated heterocycles. The molecule has 0 radical (unpaired) electrons. The molecule has 4 rings (SSSR count). The van der Waals surface area contributed by atoms with Crippen LogP contribution in [0.3, 0.4) is 0 Å². The third-order valence-corrected chi connectivity index (χ3v) is 7.57. The van der Waals surface area contributed by atoms with Crippen LogP contribution in [0.4, 0.5) is 0 Å². The largest absolute Gasteiger partial charge is 0.457 e. The second-order valence-electron chi connectivity index (χ2n) is 10.9. The minimum atomic E-state index is -0.527. The van der Waals surface area contributed by atoms with E-state index in [9.17, 15) is 9.59 Å². The van der Waals surface area contributed by atoms with Crippen LogP contribution in [0.1, 0.15) is 96.6 Å². The molecule has 180 valence electrons. The number of aromatic nitrogens is 1. The molecule has 0 saturated carbocycles. The number of hydrogen-bond acceptors (Lipinski definition) is 6. The molecule has 6 heteroatoms. The number of ketones is 1. The monoisotopic (exact) mass is 455 g/mol. The van der Waals surface area contributed by atoms with Gasteiger partial charge in [-0.25, -0.2) is 4.98 Å². The molecular formula is C27H37NO5. The standard InChI is InChI=1S/C27H37NO5/c1-17-7-6-13-27(5)24(33-27)16-22(19-9-10-21-20(15-19)28-18(2)31-21)32-25(30)12-14-26(3,4)23(29)11-8-17/h9-10,15,17,22,24H,6-8,11-14,16H2,1-5H3. The van der Waals surface area contributed by atoms with E-state index >= 15 is 0 Å². The molecule has 0 bridgehead atoms. The summed E-state index contributed by atoms with van der Waals surface area (Å²) in [6.07, 6.45) is 5.58. The summed E-state index contributed by atoms with van der Waals surface area (Å²) in [7, 11) is 0. The van der Waals surface area contributed by atoms with Crippen LogP contribution < -0.4 is 0 Å². The highest BCUT2D eigenvalue weighted by Gasteiger charge is 2.52. The van der Waals surface area contributed by atoms with Crippen molar-refractivity contribution < 1.29 is 23.5 Å². The summed E-state index contributed by atoms with van der Waals surface area (Å²) in [5.41, 5.74) is 1.67. The number of nitrogens with zero attached hydrogens (tertiary/aromatic N) is 1. The molecule has 2 aliphatic rings. The number of ether oxygens (including phenoxy) is 2. The van der Waals surface area contributed by atoms with Gasteiger partial charge >= 0.3 is 5.97 Å². The van der Waals surface area contributed by atoms with Gasteiger partial charge in [-0.15, -0.1) is 0 Å². The molecule has 1 aromatic carbocycles. The van der Waals surface area contributed by atoms with Gasteiger partial charge in [0.15, 0.2) is 11.5 Å². The molecular weight excluding hydrogens is 418 g/mol. The number of rotatable bonds is 1. The Hall–Kier alpha value is -2.21. The lowest BCUT2D eigenvalue weighted by molar-refractivity contribution is -0.151. The van der Waals surface area contributed by atoms with Crippen molar-refractivity contribution in [1.82, 2.24) is 4.98 Å². The smallest absolute Gasteiger partial charge is 0.306 e. The highest BCUT2D eigenvalue weighted by molar-refractivity contribution is 5.84. The fourth-order valence-electron chi connectivity index (χ4n) is 4.95. The zero-order valence-corrected chi connectivity index (χ0v) is 20.6. The van der Waals surface area contributed by atoms with Crippen molar-refractivity contribution in [3.05, 3.63) is 29.7 Å². The van der Waals surface area contributed by atoms with Crippen molar-refractivity contribution in [1.29, 1.82) is 0 Å². The summed E-state index contributed by atoms with van der Waals surface area (Å²) in [5.74, 6) is 1.07. The number of Topliss-reactive ketones (excluding diaryl/α,β-unsaturated/α-hetero) is 1. The van der Waals surface area contributed by atoms with E-state index in [1.165, 1.54) is 0 Å². The fraction of sp³-hybridized carbons (Fsp3) is 0.667. The first-order valence-electron chi connectivity index (χ1n) is 12.3. The number of hydrogen-bond donors (Lipinski definition) is 0. The fourth-order valence-corrected chi connectivity index (χ4v) is 4.95. The highest BCUT2D eigenvalue weighted by atomic mass is 16.6. The van der Waals surface area contributed by atoms with Gasteiger partial charge in [0, 0.05) is 31.6 Å². The van der Waals surface area contributed by atoms with Gasteiger partial charge in [-0.3, -0.25) is 9.59 Å². The summed E-state index contributed by atoms with van der Waals surface area (Å²) in [6, 6.07) is 5.77. The van der Waals surface area contributed by atoms with Crippen LogP contribution in [0.5, 0.6) is 0 Å². The molecule has 0 aliphatic carbocycles. The van der Waals surface area contributed by atoms with Crippen LogP contribution in [-0.2, 0) is 19.1 Å². The van der Waals surface area contributed by atoms with Crippen molar-refractivity contribution in [2.45, 2.75) is 104 Å². The van der Waals surface area contributed by atoms with Gasteiger partial charge in [-0.1, -0.05) is 39.7 Å². The van der Waals surface area contributed by atoms with Crippen molar-refractivity contribution in [2.24, 2.45) is 11.3 Å². The van der Waals surface area contributed by atoms with E-state index in [0.29, 0.717) is 31.1 Å². The van der Waals surface area contributed by atoms with Gasteiger partial charge < -0.3 is 13.9 Å². The summed E-state index contributed by atoms with van der Waals surface area (Å²) >= 11 is 0. The molecule has 0 spiro atoms. The van der Waals surface area contributed by atoms with Gasteiger partial charge in [-0.05, 0) is 49.8 Å². The van der Waals surface area contributed by atoms with Crippen molar-refractivity contribution in [2.75, 3.05) is 0 Å². The Labute approximate surface area is 196 Å². The average Bonchev–Trinajstić information content (AvgIpc) is 3.21. The van der Waals surface area contributed by atoms with Crippen LogP contribution in [0.15, 0.2) is 22.6 Å². The molecule has 1 aromatic heterocycles.